The van der Waals surface area contributed by atoms with Crippen LogP contribution in [-0.2, 0) is 12.6 Å². The summed E-state index contributed by atoms with van der Waals surface area (Å²) in [6.45, 7) is 0. The highest BCUT2D eigenvalue weighted by molar-refractivity contribution is 5.27. The van der Waals surface area contributed by atoms with E-state index in [0.29, 0.717) is 0 Å². The smallest absolute Gasteiger partial charge is 0.234 e. The van der Waals surface area contributed by atoms with Gasteiger partial charge >= 0.3 is 6.18 Å². The fourth-order valence-electron chi connectivity index (χ4n) is 1.49. The average Bonchev–Trinajstić information content (AvgIpc) is 2.30. The Morgan fingerprint density at radius 1 is 1.12 bits per heavy atom. The van der Waals surface area contributed by atoms with Crippen molar-refractivity contribution >= 4 is 0 Å². The van der Waals surface area contributed by atoms with Gasteiger partial charge in [-0.3, -0.25) is 0 Å². The normalized spacial score (nSPS) is 11.5. The molecule has 0 unspecified atom stereocenters. The van der Waals surface area contributed by atoms with E-state index in [1.165, 1.54) is 0 Å². The first-order valence-electron chi connectivity index (χ1n) is 4.90. The van der Waals surface area contributed by atoms with Gasteiger partial charge in [0.15, 0.2) is 5.69 Å². The van der Waals surface area contributed by atoms with Crippen LogP contribution in [0.4, 0.5) is 13.2 Å². The Bertz CT molecular complexity index is 495. The predicted octanol–water partition coefficient (Wildman–Crippen LogP) is 2.89. The zero-order valence-electron chi connectivity index (χ0n) is 8.70. The van der Waals surface area contributed by atoms with Crippen LogP contribution >= 0.6 is 0 Å². The number of aromatic nitrogens is 2. The van der Waals surface area contributed by atoms with E-state index >= 15 is 0 Å². The van der Waals surface area contributed by atoms with Gasteiger partial charge in [0.1, 0.15) is 6.33 Å². The molecule has 0 bridgehead atoms. The Balaban J connectivity index is 2.34. The quantitative estimate of drug-likeness (QED) is 0.802. The van der Waals surface area contributed by atoms with Gasteiger partial charge in [0.05, 0.1) is 6.20 Å². The molecule has 1 aromatic heterocycles. The summed E-state index contributed by atoms with van der Waals surface area (Å²) in [7, 11) is 0. The van der Waals surface area contributed by atoms with Crippen LogP contribution in [-0.4, -0.2) is 9.97 Å². The molecule has 0 aliphatic rings. The number of halogens is 3. The number of nitrogens with zero attached hydrogens (tertiary/aromatic N) is 2. The Morgan fingerprint density at radius 2 is 1.82 bits per heavy atom. The molecule has 0 saturated carbocycles. The molecule has 1 aromatic carbocycles. The molecule has 0 aliphatic heterocycles. The highest BCUT2D eigenvalue weighted by atomic mass is 19.4. The highest BCUT2D eigenvalue weighted by Gasteiger charge is 2.35. The fourth-order valence-corrected chi connectivity index (χ4v) is 1.49. The summed E-state index contributed by atoms with van der Waals surface area (Å²) in [6.07, 6.45) is -1.13. The summed E-state index contributed by atoms with van der Waals surface area (Å²) in [6, 6.07) is 8.85. The van der Waals surface area contributed by atoms with Crippen LogP contribution in [0.5, 0.6) is 0 Å². The highest BCUT2D eigenvalue weighted by Crippen LogP contribution is 2.30. The van der Waals surface area contributed by atoms with Crippen molar-refractivity contribution in [1.82, 2.24) is 9.97 Å². The van der Waals surface area contributed by atoms with E-state index in [4.69, 9.17) is 0 Å². The van der Waals surface area contributed by atoms with Gasteiger partial charge in [0.25, 0.3) is 0 Å². The number of rotatable bonds is 2. The summed E-state index contributed by atoms with van der Waals surface area (Å²) in [5.41, 5.74) is -0.188. The largest absolute Gasteiger partial charge is 0.433 e. The second-order valence-corrected chi connectivity index (χ2v) is 3.47. The lowest BCUT2D eigenvalue weighted by Crippen LogP contribution is -2.12. The maximum absolute atomic E-state index is 12.6. The summed E-state index contributed by atoms with van der Waals surface area (Å²) in [5.74, 6) is 0. The molecule has 0 spiro atoms. The van der Waals surface area contributed by atoms with E-state index in [9.17, 15) is 13.2 Å². The van der Waals surface area contributed by atoms with Gasteiger partial charge in [-0.1, -0.05) is 30.3 Å². The molecule has 0 fully saturated rings. The zero-order valence-corrected chi connectivity index (χ0v) is 8.70. The third kappa shape index (κ3) is 2.81. The van der Waals surface area contributed by atoms with E-state index in [-0.39, 0.29) is 12.0 Å². The van der Waals surface area contributed by atoms with Crippen LogP contribution in [0.15, 0.2) is 36.7 Å². The molecule has 2 rings (SSSR count). The SMILES string of the molecule is FC(F)(F)c1ncn[c]c1Cc1ccccc1. The zero-order chi connectivity index (χ0) is 12.3. The minimum atomic E-state index is -4.47. The molecular weight excluding hydrogens is 229 g/mol. The molecule has 0 saturated heterocycles. The van der Waals surface area contributed by atoms with E-state index in [0.717, 1.165) is 11.9 Å². The molecule has 0 amide bonds. The number of hydrogen-bond donors (Lipinski definition) is 0. The first-order chi connectivity index (χ1) is 8.07. The summed E-state index contributed by atoms with van der Waals surface area (Å²) in [5, 5.41) is 0. The average molecular weight is 237 g/mol. The Morgan fingerprint density at radius 3 is 2.47 bits per heavy atom. The van der Waals surface area contributed by atoms with Crippen LogP contribution in [0.3, 0.4) is 0 Å². The van der Waals surface area contributed by atoms with Gasteiger partial charge in [-0.15, -0.1) is 0 Å². The molecule has 0 N–H and O–H groups in total. The van der Waals surface area contributed by atoms with E-state index < -0.39 is 11.9 Å². The molecule has 1 heterocycles. The molecule has 1 radical (unpaired) electrons. The Kier molecular flexibility index (Phi) is 3.08. The van der Waals surface area contributed by atoms with Gasteiger partial charge in [0.2, 0.25) is 0 Å². The van der Waals surface area contributed by atoms with E-state index in [2.05, 4.69) is 16.2 Å². The minimum Gasteiger partial charge on any atom is -0.234 e. The van der Waals surface area contributed by atoms with Crippen LogP contribution < -0.4 is 0 Å². The molecule has 0 aliphatic carbocycles. The number of benzene rings is 1. The first kappa shape index (κ1) is 11.6. The van der Waals surface area contributed by atoms with Crippen molar-refractivity contribution < 1.29 is 13.2 Å². The van der Waals surface area contributed by atoms with Gasteiger partial charge < -0.3 is 0 Å². The molecule has 0 atom stereocenters. The van der Waals surface area contributed by atoms with Crippen LogP contribution in [0.2, 0.25) is 0 Å². The molecular formula is C12H8F3N2. The van der Waals surface area contributed by atoms with E-state index in [1.54, 1.807) is 30.3 Å². The topological polar surface area (TPSA) is 25.8 Å². The monoisotopic (exact) mass is 237 g/mol. The van der Waals surface area contributed by atoms with Crippen molar-refractivity contribution in [3.63, 3.8) is 0 Å². The molecule has 87 valence electrons. The summed E-state index contributed by atoms with van der Waals surface area (Å²) >= 11 is 0. The van der Waals surface area contributed by atoms with Gasteiger partial charge in [0, 0.05) is 12.0 Å². The van der Waals surface area contributed by atoms with Gasteiger partial charge in [-0.05, 0) is 5.56 Å². The van der Waals surface area contributed by atoms with Crippen molar-refractivity contribution in [3.8, 4) is 0 Å². The van der Waals surface area contributed by atoms with Crippen LogP contribution in [0.25, 0.3) is 0 Å². The first-order valence-corrected chi connectivity index (χ1v) is 4.90. The predicted molar refractivity (Wildman–Crippen MR) is 55.1 cm³/mol. The lowest BCUT2D eigenvalue weighted by atomic mass is 10.1. The molecule has 17 heavy (non-hydrogen) atoms. The van der Waals surface area contributed by atoms with Crippen molar-refractivity contribution in [2.45, 2.75) is 12.6 Å². The number of hydrogen-bond acceptors (Lipinski definition) is 2. The van der Waals surface area contributed by atoms with Gasteiger partial charge in [-0.25, -0.2) is 9.97 Å². The van der Waals surface area contributed by atoms with Crippen molar-refractivity contribution in [3.05, 3.63) is 59.7 Å². The summed E-state index contributed by atoms with van der Waals surface area (Å²) in [4.78, 5) is 6.80. The Labute approximate surface area is 96.2 Å². The summed E-state index contributed by atoms with van der Waals surface area (Å²) < 4.78 is 37.9. The maximum atomic E-state index is 12.6. The van der Waals surface area contributed by atoms with Crippen molar-refractivity contribution in [2.75, 3.05) is 0 Å². The molecule has 2 nitrogen and oxygen atoms in total. The van der Waals surface area contributed by atoms with Crippen LogP contribution in [0.1, 0.15) is 16.8 Å². The third-order valence-electron chi connectivity index (χ3n) is 2.22. The second kappa shape index (κ2) is 4.53. The molecule has 5 heteroatoms. The van der Waals surface area contributed by atoms with Crippen molar-refractivity contribution in [2.24, 2.45) is 0 Å². The maximum Gasteiger partial charge on any atom is 0.433 e. The van der Waals surface area contributed by atoms with Gasteiger partial charge in [-0.2, -0.15) is 13.2 Å². The standard InChI is InChI=1S/C12H8F3N2/c13-12(14,15)11-10(7-16-8-17-11)6-9-4-2-1-3-5-9/h1-5,8H,6H2. The van der Waals surface area contributed by atoms with Crippen molar-refractivity contribution in [1.29, 1.82) is 0 Å². The molecule has 2 aromatic rings. The fraction of sp³-hybridized carbons (Fsp3) is 0.167. The lowest BCUT2D eigenvalue weighted by Gasteiger charge is -2.10. The second-order valence-electron chi connectivity index (χ2n) is 3.47. The third-order valence-corrected chi connectivity index (χ3v) is 2.22. The Hall–Kier alpha value is -1.91. The lowest BCUT2D eigenvalue weighted by molar-refractivity contribution is -0.141. The minimum absolute atomic E-state index is 0.0359. The number of alkyl halides is 3. The van der Waals surface area contributed by atoms with Crippen LogP contribution in [0, 0.1) is 6.20 Å². The van der Waals surface area contributed by atoms with E-state index in [1.807, 2.05) is 0 Å².